The molecule has 0 aliphatic carbocycles. The molecule has 12 aromatic rings. The molecule has 1 aliphatic rings. The van der Waals surface area contributed by atoms with Crippen molar-refractivity contribution < 1.29 is 0 Å². The van der Waals surface area contributed by atoms with Crippen LogP contribution in [0.4, 0.5) is 28.4 Å². The van der Waals surface area contributed by atoms with Crippen molar-refractivity contribution in [3.05, 3.63) is 211 Å². The number of hydrogen-bond acceptors (Lipinski definition) is 4. The minimum atomic E-state index is 1.04. The maximum atomic E-state index is 3.95. The van der Waals surface area contributed by atoms with Gasteiger partial charge >= 0.3 is 0 Å². The van der Waals surface area contributed by atoms with Gasteiger partial charge in [-0.15, -0.1) is 22.7 Å². The molecule has 1 radical (unpaired) electrons. The maximum Gasteiger partial charge on any atom is 0.197 e. The van der Waals surface area contributed by atoms with Crippen LogP contribution in [0.3, 0.4) is 0 Å². The second kappa shape index (κ2) is 15.3. The average molecular weight is 878 g/mol. The standard InChI is InChI=1S/C61H42BN2S2/c1-36-29-37(2)59(38(3)30-36)42-31-50(60-45-16-8-7-15-41(45)23-28-52(60)63-43-24-21-40(22-25-43)39-13-5-4-6-14-39)61-54(32-42)64(44-26-27-48-46-17-9-11-19-55(46)65-57(48)33-44)53-35-58-49(34-51(53)62-61)47-18-10-12-20-56(47)66-58/h4-35,63H,1-3H3. The summed E-state index contributed by atoms with van der Waals surface area (Å²) < 4.78 is 5.20. The van der Waals surface area contributed by atoms with E-state index in [1.165, 1.54) is 123 Å². The Kier molecular flexibility index (Phi) is 9.06. The SMILES string of the molecule is Cc1cc(C)c(-c2cc(-c3c(Nc4ccc(-c5ccccc5)cc4)ccc4ccccc34)c3c(c2)N(c2ccc4c(c2)sc2ccccc24)c2cc4sc5ccccc5c4cc2[B]3)c(C)c1. The third-order valence-electron chi connectivity index (χ3n) is 13.5. The van der Waals surface area contributed by atoms with Gasteiger partial charge in [0.05, 0.1) is 0 Å². The number of aryl methyl sites for hydroxylation is 3. The Morgan fingerprint density at radius 1 is 0.439 bits per heavy atom. The molecule has 0 atom stereocenters. The first-order chi connectivity index (χ1) is 32.4. The maximum absolute atomic E-state index is 3.95. The summed E-state index contributed by atoms with van der Waals surface area (Å²) in [5.74, 6) is 0. The number of benzene rings is 10. The Balaban J connectivity index is 1.10. The van der Waals surface area contributed by atoms with Crippen LogP contribution in [-0.2, 0) is 0 Å². The van der Waals surface area contributed by atoms with Crippen molar-refractivity contribution in [2.24, 2.45) is 0 Å². The predicted molar refractivity (Wildman–Crippen MR) is 290 cm³/mol. The third-order valence-corrected chi connectivity index (χ3v) is 15.8. The van der Waals surface area contributed by atoms with Crippen LogP contribution in [0.2, 0.25) is 0 Å². The van der Waals surface area contributed by atoms with Crippen molar-refractivity contribution in [3.8, 4) is 33.4 Å². The van der Waals surface area contributed by atoms with Gasteiger partial charge in [0.25, 0.3) is 0 Å². The van der Waals surface area contributed by atoms with Crippen LogP contribution in [0.5, 0.6) is 0 Å². The molecule has 13 rings (SSSR count). The number of nitrogens with one attached hydrogen (secondary N) is 1. The van der Waals surface area contributed by atoms with Crippen molar-refractivity contribution in [1.82, 2.24) is 0 Å². The molecule has 0 amide bonds. The molecule has 5 heteroatoms. The number of anilines is 5. The molecule has 2 nitrogen and oxygen atoms in total. The van der Waals surface area contributed by atoms with E-state index in [1.807, 2.05) is 22.7 Å². The van der Waals surface area contributed by atoms with E-state index < -0.39 is 0 Å². The molecule has 0 bridgehead atoms. The molecule has 10 aromatic carbocycles. The zero-order valence-corrected chi connectivity index (χ0v) is 38.4. The number of thiophene rings is 2. The van der Waals surface area contributed by atoms with Crippen LogP contribution in [-0.4, -0.2) is 7.28 Å². The summed E-state index contributed by atoms with van der Waals surface area (Å²) in [6, 6.07) is 72.1. The monoisotopic (exact) mass is 877 g/mol. The van der Waals surface area contributed by atoms with Gasteiger partial charge in [0.15, 0.2) is 7.28 Å². The van der Waals surface area contributed by atoms with Crippen molar-refractivity contribution in [2.45, 2.75) is 20.8 Å². The molecule has 2 aromatic heterocycles. The summed E-state index contributed by atoms with van der Waals surface area (Å²) in [7, 11) is 2.47. The lowest BCUT2D eigenvalue weighted by Crippen LogP contribution is -2.41. The molecule has 1 N–H and O–H groups in total. The van der Waals surface area contributed by atoms with Crippen molar-refractivity contribution in [1.29, 1.82) is 0 Å². The first-order valence-electron chi connectivity index (χ1n) is 22.6. The van der Waals surface area contributed by atoms with E-state index in [9.17, 15) is 0 Å². The highest BCUT2D eigenvalue weighted by atomic mass is 32.1. The Bertz CT molecular complexity index is 3900. The Morgan fingerprint density at radius 3 is 1.83 bits per heavy atom. The van der Waals surface area contributed by atoms with Gasteiger partial charge in [0.2, 0.25) is 0 Å². The number of nitrogens with zero attached hydrogens (tertiary/aromatic N) is 1. The normalized spacial score (nSPS) is 12.3. The van der Waals surface area contributed by atoms with E-state index in [2.05, 4.69) is 232 Å². The average Bonchev–Trinajstić information content (AvgIpc) is 3.90. The van der Waals surface area contributed by atoms with Gasteiger partial charge in [-0.2, -0.15) is 0 Å². The van der Waals surface area contributed by atoms with E-state index in [1.54, 1.807) is 0 Å². The van der Waals surface area contributed by atoms with Crippen LogP contribution in [0, 0.1) is 20.8 Å². The molecule has 0 unspecified atom stereocenters. The Morgan fingerprint density at radius 2 is 1.08 bits per heavy atom. The van der Waals surface area contributed by atoms with Gasteiger partial charge in [0.1, 0.15) is 0 Å². The molecule has 311 valence electrons. The van der Waals surface area contributed by atoms with Crippen LogP contribution in [0.25, 0.3) is 84.5 Å². The summed E-state index contributed by atoms with van der Waals surface area (Å²) in [5.41, 5.74) is 19.1. The Labute approximate surface area is 393 Å². The highest BCUT2D eigenvalue weighted by Crippen LogP contribution is 2.47. The molecule has 0 saturated carbocycles. The van der Waals surface area contributed by atoms with Crippen LogP contribution in [0.15, 0.2) is 194 Å². The first-order valence-corrected chi connectivity index (χ1v) is 24.3. The van der Waals surface area contributed by atoms with Gasteiger partial charge in [-0.1, -0.05) is 144 Å². The lowest BCUT2D eigenvalue weighted by molar-refractivity contribution is 1.30. The Hall–Kier alpha value is -7.44. The fourth-order valence-electron chi connectivity index (χ4n) is 10.7. The minimum Gasteiger partial charge on any atom is -0.355 e. The summed E-state index contributed by atoms with van der Waals surface area (Å²) in [4.78, 5) is 2.56. The lowest BCUT2D eigenvalue weighted by Gasteiger charge is -2.36. The summed E-state index contributed by atoms with van der Waals surface area (Å²) in [6.07, 6.45) is 0. The second-order valence-electron chi connectivity index (χ2n) is 17.8. The van der Waals surface area contributed by atoms with Crippen molar-refractivity contribution >= 4 is 120 Å². The number of hydrogen-bond donors (Lipinski definition) is 1. The molecular weight excluding hydrogens is 836 g/mol. The molecule has 3 heterocycles. The van der Waals surface area contributed by atoms with Gasteiger partial charge in [0, 0.05) is 69.0 Å². The van der Waals surface area contributed by atoms with E-state index >= 15 is 0 Å². The fraction of sp³-hybridized carbons (Fsp3) is 0.0492. The molecule has 1 aliphatic heterocycles. The third kappa shape index (κ3) is 6.37. The van der Waals surface area contributed by atoms with Crippen molar-refractivity contribution in [3.63, 3.8) is 0 Å². The second-order valence-corrected chi connectivity index (χ2v) is 19.9. The van der Waals surface area contributed by atoms with Gasteiger partial charge < -0.3 is 10.2 Å². The predicted octanol–water partition coefficient (Wildman–Crippen LogP) is 16.7. The van der Waals surface area contributed by atoms with Gasteiger partial charge in [-0.3, -0.25) is 0 Å². The summed E-state index contributed by atoms with van der Waals surface area (Å²) >= 11 is 3.76. The van der Waals surface area contributed by atoms with E-state index in [0.717, 1.165) is 17.1 Å². The van der Waals surface area contributed by atoms with Gasteiger partial charge in [-0.25, -0.2) is 0 Å². The molecule has 0 saturated heterocycles. The fourth-order valence-corrected chi connectivity index (χ4v) is 12.9. The summed E-state index contributed by atoms with van der Waals surface area (Å²) in [5, 5.41) is 11.6. The highest BCUT2D eigenvalue weighted by Gasteiger charge is 2.31. The largest absolute Gasteiger partial charge is 0.355 e. The lowest BCUT2D eigenvalue weighted by atomic mass is 9.57. The first kappa shape index (κ1) is 39.0. The topological polar surface area (TPSA) is 15.3 Å². The van der Waals surface area contributed by atoms with Crippen molar-refractivity contribution in [2.75, 3.05) is 10.2 Å². The van der Waals surface area contributed by atoms with Crippen LogP contribution < -0.4 is 21.1 Å². The van der Waals surface area contributed by atoms with Crippen LogP contribution in [0.1, 0.15) is 16.7 Å². The number of fused-ring (bicyclic) bond motifs is 9. The quantitative estimate of drug-likeness (QED) is 0.167. The zero-order valence-electron chi connectivity index (χ0n) is 36.8. The highest BCUT2D eigenvalue weighted by molar-refractivity contribution is 7.26. The molecular formula is C61H42BN2S2. The smallest absolute Gasteiger partial charge is 0.197 e. The van der Waals surface area contributed by atoms with Crippen LogP contribution >= 0.6 is 22.7 Å². The molecule has 66 heavy (non-hydrogen) atoms. The van der Waals surface area contributed by atoms with E-state index in [0.29, 0.717) is 0 Å². The minimum absolute atomic E-state index is 1.04. The van der Waals surface area contributed by atoms with E-state index in [4.69, 9.17) is 0 Å². The van der Waals surface area contributed by atoms with E-state index in [-0.39, 0.29) is 0 Å². The molecule has 0 fully saturated rings. The molecule has 0 spiro atoms. The summed E-state index contributed by atoms with van der Waals surface area (Å²) in [6.45, 7) is 6.74. The zero-order chi connectivity index (χ0) is 44.0. The number of rotatable bonds is 6. The van der Waals surface area contributed by atoms with Gasteiger partial charge in [-0.05, 0) is 142 Å².